The Kier molecular flexibility index (Phi) is 3.62. The van der Waals surface area contributed by atoms with Gasteiger partial charge in [0.2, 0.25) is 5.82 Å². The van der Waals surface area contributed by atoms with Crippen molar-refractivity contribution >= 4 is 0 Å². The minimum Gasteiger partial charge on any atom is -0.301 e. The third kappa shape index (κ3) is 3.47. The van der Waals surface area contributed by atoms with Gasteiger partial charge < -0.3 is 4.90 Å². The highest BCUT2D eigenvalue weighted by molar-refractivity contribution is 5.04. The van der Waals surface area contributed by atoms with E-state index in [1.165, 1.54) is 6.07 Å². The summed E-state index contributed by atoms with van der Waals surface area (Å²) in [5.74, 6) is -1.08. The first kappa shape index (κ1) is 11.9. The summed E-state index contributed by atoms with van der Waals surface area (Å²) in [7, 11) is 1.81. The Morgan fingerprint density at radius 2 is 2.07 bits per heavy atom. The van der Waals surface area contributed by atoms with E-state index in [-0.39, 0.29) is 0 Å². The van der Waals surface area contributed by atoms with Gasteiger partial charge in [0.25, 0.3) is 0 Å². The average molecular weight is 219 g/mol. The van der Waals surface area contributed by atoms with Crippen LogP contribution in [0.5, 0.6) is 0 Å². The fourth-order valence-electron chi connectivity index (χ4n) is 1.01. The van der Waals surface area contributed by atoms with E-state index in [4.69, 9.17) is 0 Å². The number of alkyl halides is 3. The maximum Gasteiger partial charge on any atom is 0.451 e. The Morgan fingerprint density at radius 3 is 2.60 bits per heavy atom. The standard InChI is InChI=1S/C9H12F3N3/c1-3-15(2)6-7-4-5-13-8(14-7)9(10,11)12/h4-5H,3,6H2,1-2H3. The van der Waals surface area contributed by atoms with Crippen molar-refractivity contribution in [2.24, 2.45) is 0 Å². The Bertz CT molecular complexity index is 325. The fraction of sp³-hybridized carbons (Fsp3) is 0.556. The highest BCUT2D eigenvalue weighted by atomic mass is 19.4. The highest BCUT2D eigenvalue weighted by Crippen LogP contribution is 2.25. The minimum absolute atomic E-state index is 0.377. The van der Waals surface area contributed by atoms with Gasteiger partial charge in [0.1, 0.15) is 0 Å². The summed E-state index contributed by atoms with van der Waals surface area (Å²) in [5.41, 5.74) is 0.377. The van der Waals surface area contributed by atoms with Gasteiger partial charge in [0, 0.05) is 12.7 Å². The van der Waals surface area contributed by atoms with Crippen molar-refractivity contribution in [3.63, 3.8) is 0 Å². The lowest BCUT2D eigenvalue weighted by Gasteiger charge is -2.13. The van der Waals surface area contributed by atoms with Crippen LogP contribution in [0.15, 0.2) is 12.3 Å². The molecule has 0 aliphatic rings. The molecule has 0 N–H and O–H groups in total. The van der Waals surface area contributed by atoms with Crippen LogP contribution in [-0.4, -0.2) is 28.5 Å². The molecule has 0 radical (unpaired) electrons. The van der Waals surface area contributed by atoms with Gasteiger partial charge in [-0.25, -0.2) is 9.97 Å². The number of halogens is 3. The maximum atomic E-state index is 12.2. The molecule has 0 bridgehead atoms. The second-order valence-corrected chi connectivity index (χ2v) is 3.20. The van der Waals surface area contributed by atoms with Crippen molar-refractivity contribution in [2.75, 3.05) is 13.6 Å². The molecule has 0 saturated carbocycles. The summed E-state index contributed by atoms with van der Waals surface area (Å²) in [4.78, 5) is 8.51. The predicted octanol–water partition coefficient (Wildman–Crippen LogP) is 1.95. The number of nitrogens with zero attached hydrogens (tertiary/aromatic N) is 3. The van der Waals surface area contributed by atoms with Crippen LogP contribution in [0, 0.1) is 0 Å². The van der Waals surface area contributed by atoms with E-state index >= 15 is 0 Å². The van der Waals surface area contributed by atoms with Crippen LogP contribution in [0.2, 0.25) is 0 Å². The van der Waals surface area contributed by atoms with Gasteiger partial charge in [-0.05, 0) is 19.7 Å². The molecule has 0 aromatic carbocycles. The summed E-state index contributed by atoms with van der Waals surface area (Å²) in [6.45, 7) is 3.07. The SMILES string of the molecule is CCN(C)Cc1ccnc(C(F)(F)F)n1. The largest absolute Gasteiger partial charge is 0.451 e. The number of hydrogen-bond donors (Lipinski definition) is 0. The second kappa shape index (κ2) is 4.57. The molecule has 0 atom stereocenters. The quantitative estimate of drug-likeness (QED) is 0.778. The molecule has 1 aromatic rings. The van der Waals surface area contributed by atoms with Crippen LogP contribution < -0.4 is 0 Å². The molecule has 0 fully saturated rings. The van der Waals surface area contributed by atoms with Gasteiger partial charge in [-0.1, -0.05) is 6.92 Å². The molecule has 0 aliphatic heterocycles. The monoisotopic (exact) mass is 219 g/mol. The van der Waals surface area contributed by atoms with E-state index in [1.807, 2.05) is 18.9 Å². The molecule has 0 unspecified atom stereocenters. The summed E-state index contributed by atoms with van der Waals surface area (Å²) >= 11 is 0. The van der Waals surface area contributed by atoms with Crippen LogP contribution >= 0.6 is 0 Å². The van der Waals surface area contributed by atoms with Crippen LogP contribution in [-0.2, 0) is 12.7 Å². The number of hydrogen-bond acceptors (Lipinski definition) is 3. The van der Waals surface area contributed by atoms with Gasteiger partial charge >= 0.3 is 6.18 Å². The molecule has 1 heterocycles. The summed E-state index contributed by atoms with van der Waals surface area (Å²) in [6, 6.07) is 1.49. The van der Waals surface area contributed by atoms with Gasteiger partial charge in [-0.15, -0.1) is 0 Å². The van der Waals surface area contributed by atoms with Gasteiger partial charge in [0.15, 0.2) is 0 Å². The molecule has 0 spiro atoms. The maximum absolute atomic E-state index is 12.2. The second-order valence-electron chi connectivity index (χ2n) is 3.20. The Balaban J connectivity index is 2.84. The third-order valence-electron chi connectivity index (χ3n) is 1.94. The molecule has 1 rings (SSSR count). The van der Waals surface area contributed by atoms with Gasteiger partial charge in [-0.3, -0.25) is 0 Å². The normalized spacial score (nSPS) is 12.1. The molecule has 0 saturated heterocycles. The van der Waals surface area contributed by atoms with E-state index in [9.17, 15) is 13.2 Å². The first-order chi connectivity index (χ1) is 6.93. The lowest BCUT2D eigenvalue weighted by Crippen LogP contribution is -2.19. The van der Waals surface area contributed by atoms with Crippen LogP contribution in [0.25, 0.3) is 0 Å². The van der Waals surface area contributed by atoms with E-state index in [0.717, 1.165) is 12.7 Å². The molecule has 3 nitrogen and oxygen atoms in total. The first-order valence-electron chi connectivity index (χ1n) is 4.51. The van der Waals surface area contributed by atoms with Crippen LogP contribution in [0.3, 0.4) is 0 Å². The third-order valence-corrected chi connectivity index (χ3v) is 1.94. The van der Waals surface area contributed by atoms with Crippen molar-refractivity contribution in [2.45, 2.75) is 19.6 Å². The Labute approximate surface area is 86.0 Å². The minimum atomic E-state index is -4.47. The molecule has 0 aliphatic carbocycles. The Morgan fingerprint density at radius 1 is 1.40 bits per heavy atom. The van der Waals surface area contributed by atoms with Gasteiger partial charge in [-0.2, -0.15) is 13.2 Å². The molecule has 6 heteroatoms. The molecule has 84 valence electrons. The zero-order chi connectivity index (χ0) is 11.5. The lowest BCUT2D eigenvalue weighted by molar-refractivity contribution is -0.145. The molecule has 1 aromatic heterocycles. The van der Waals surface area contributed by atoms with Crippen molar-refractivity contribution in [1.29, 1.82) is 0 Å². The number of aromatic nitrogens is 2. The van der Waals surface area contributed by atoms with Crippen molar-refractivity contribution < 1.29 is 13.2 Å². The van der Waals surface area contributed by atoms with Crippen molar-refractivity contribution in [3.05, 3.63) is 23.8 Å². The smallest absolute Gasteiger partial charge is 0.301 e. The molecular formula is C9H12F3N3. The van der Waals surface area contributed by atoms with Crippen molar-refractivity contribution in [3.8, 4) is 0 Å². The summed E-state index contributed by atoms with van der Waals surface area (Å²) in [6.07, 6.45) is -3.34. The molecule has 15 heavy (non-hydrogen) atoms. The van der Waals surface area contributed by atoms with E-state index in [2.05, 4.69) is 9.97 Å². The summed E-state index contributed by atoms with van der Waals surface area (Å²) in [5, 5.41) is 0. The lowest BCUT2D eigenvalue weighted by atomic mass is 10.3. The zero-order valence-corrected chi connectivity index (χ0v) is 8.54. The first-order valence-corrected chi connectivity index (χ1v) is 4.51. The van der Waals surface area contributed by atoms with E-state index in [0.29, 0.717) is 12.2 Å². The van der Waals surface area contributed by atoms with Crippen molar-refractivity contribution in [1.82, 2.24) is 14.9 Å². The predicted molar refractivity (Wildman–Crippen MR) is 49.0 cm³/mol. The summed E-state index contributed by atoms with van der Waals surface area (Å²) < 4.78 is 36.7. The Hall–Kier alpha value is -1.17. The van der Waals surface area contributed by atoms with Gasteiger partial charge in [0.05, 0.1) is 5.69 Å². The average Bonchev–Trinajstić information content (AvgIpc) is 2.17. The molecule has 0 amide bonds. The highest BCUT2D eigenvalue weighted by Gasteiger charge is 2.34. The zero-order valence-electron chi connectivity index (χ0n) is 8.54. The number of rotatable bonds is 3. The fourth-order valence-corrected chi connectivity index (χ4v) is 1.01. The van der Waals surface area contributed by atoms with Crippen LogP contribution in [0.4, 0.5) is 13.2 Å². The topological polar surface area (TPSA) is 29.0 Å². The van der Waals surface area contributed by atoms with Crippen LogP contribution in [0.1, 0.15) is 18.4 Å². The van der Waals surface area contributed by atoms with E-state index < -0.39 is 12.0 Å². The molecular weight excluding hydrogens is 207 g/mol. The van der Waals surface area contributed by atoms with E-state index in [1.54, 1.807) is 0 Å².